The van der Waals surface area contributed by atoms with E-state index < -0.39 is 11.7 Å². The summed E-state index contributed by atoms with van der Waals surface area (Å²) in [4.78, 5) is 32.3. The smallest absolute Gasteiger partial charge is 0.255 e. The van der Waals surface area contributed by atoms with E-state index in [4.69, 9.17) is 9.47 Å². The van der Waals surface area contributed by atoms with Crippen molar-refractivity contribution >= 4 is 40.2 Å². The van der Waals surface area contributed by atoms with E-state index in [-0.39, 0.29) is 17.5 Å². The normalized spacial score (nSPS) is 14.1. The van der Waals surface area contributed by atoms with Crippen molar-refractivity contribution in [1.82, 2.24) is 19.9 Å². The summed E-state index contributed by atoms with van der Waals surface area (Å²) >= 11 is 0. The number of aryl methyl sites for hydroxylation is 2. The van der Waals surface area contributed by atoms with Crippen molar-refractivity contribution in [3.63, 3.8) is 0 Å². The minimum absolute atomic E-state index is 0.159. The van der Waals surface area contributed by atoms with E-state index in [0.29, 0.717) is 72.4 Å². The molecule has 3 N–H and O–H groups in total. The summed E-state index contributed by atoms with van der Waals surface area (Å²) < 4.78 is 27.0. The molecule has 4 aromatic rings. The molecule has 11 nitrogen and oxygen atoms in total. The standard InChI is InChI=1S/C30H34FN7O4/c1-18-5-7-22(35-29(39)21-6-8-26(24(31)13-21)37-9-11-42-12-10-37)14-25(18)36-28-27-20(3)23(15-38(27)33-17-32-28)30(40)34-19(2)16-41-4/h5-8,13-15,17,19H,9-12,16H2,1-4H3,(H,34,40)(H,35,39)(H,32,33,36)/t19-/m0/s1. The van der Waals surface area contributed by atoms with Crippen molar-refractivity contribution < 1.29 is 23.5 Å². The highest BCUT2D eigenvalue weighted by molar-refractivity contribution is 6.05. The van der Waals surface area contributed by atoms with E-state index in [0.717, 1.165) is 5.56 Å². The Bertz CT molecular complexity index is 1620. The van der Waals surface area contributed by atoms with Crippen LogP contribution < -0.4 is 20.9 Å². The van der Waals surface area contributed by atoms with Gasteiger partial charge in [0.25, 0.3) is 11.8 Å². The number of halogens is 1. The molecule has 0 unspecified atom stereocenters. The zero-order chi connectivity index (χ0) is 29.8. The zero-order valence-corrected chi connectivity index (χ0v) is 24.0. The summed E-state index contributed by atoms with van der Waals surface area (Å²) in [6, 6.07) is 9.76. The molecule has 1 fully saturated rings. The van der Waals surface area contributed by atoms with Gasteiger partial charge in [-0.25, -0.2) is 13.9 Å². The molecular weight excluding hydrogens is 541 g/mol. The lowest BCUT2D eigenvalue weighted by atomic mass is 10.1. The number of morpholine rings is 1. The fraction of sp³-hybridized carbons (Fsp3) is 0.333. The topological polar surface area (TPSA) is 122 Å². The second-order valence-corrected chi connectivity index (χ2v) is 10.3. The van der Waals surface area contributed by atoms with Gasteiger partial charge in [0.15, 0.2) is 5.82 Å². The summed E-state index contributed by atoms with van der Waals surface area (Å²) in [5.41, 5.74) is 4.63. The number of amides is 2. The molecule has 0 saturated carbocycles. The summed E-state index contributed by atoms with van der Waals surface area (Å²) in [5, 5.41) is 13.4. The number of anilines is 4. The van der Waals surface area contributed by atoms with Gasteiger partial charge in [-0.05, 0) is 62.2 Å². The van der Waals surface area contributed by atoms with E-state index in [9.17, 15) is 14.0 Å². The number of rotatable bonds is 9. The molecule has 220 valence electrons. The predicted octanol–water partition coefficient (Wildman–Crippen LogP) is 4.08. The highest BCUT2D eigenvalue weighted by Crippen LogP contribution is 2.29. The van der Waals surface area contributed by atoms with Crippen LogP contribution in [0.15, 0.2) is 48.9 Å². The molecule has 2 aromatic carbocycles. The summed E-state index contributed by atoms with van der Waals surface area (Å²) in [5.74, 6) is -0.613. The third-order valence-corrected chi connectivity index (χ3v) is 7.18. The van der Waals surface area contributed by atoms with Crippen LogP contribution in [0.25, 0.3) is 5.52 Å². The second kappa shape index (κ2) is 12.5. The van der Waals surface area contributed by atoms with Gasteiger partial charge in [0.2, 0.25) is 0 Å². The van der Waals surface area contributed by atoms with E-state index >= 15 is 0 Å². The highest BCUT2D eigenvalue weighted by Gasteiger charge is 2.20. The van der Waals surface area contributed by atoms with Gasteiger partial charge >= 0.3 is 0 Å². The third kappa shape index (κ3) is 6.19. The molecule has 2 aromatic heterocycles. The van der Waals surface area contributed by atoms with Crippen LogP contribution in [0.5, 0.6) is 0 Å². The van der Waals surface area contributed by atoms with Gasteiger partial charge in [-0.2, -0.15) is 5.10 Å². The molecule has 0 bridgehead atoms. The Balaban J connectivity index is 1.34. The van der Waals surface area contributed by atoms with Crippen LogP contribution in [0.2, 0.25) is 0 Å². The lowest BCUT2D eigenvalue weighted by molar-refractivity contribution is 0.0904. The van der Waals surface area contributed by atoms with Crippen molar-refractivity contribution in [3.05, 3.63) is 77.0 Å². The molecular formula is C30H34FN7O4. The number of nitrogens with zero attached hydrogens (tertiary/aromatic N) is 4. The number of carbonyl (C=O) groups is 2. The van der Waals surface area contributed by atoms with Gasteiger partial charge in [0.05, 0.1) is 31.1 Å². The van der Waals surface area contributed by atoms with Gasteiger partial charge in [0.1, 0.15) is 17.7 Å². The first kappa shape index (κ1) is 29.0. The van der Waals surface area contributed by atoms with Gasteiger partial charge < -0.3 is 30.3 Å². The van der Waals surface area contributed by atoms with Crippen LogP contribution in [0.4, 0.5) is 27.3 Å². The SMILES string of the molecule is COC[C@H](C)NC(=O)c1cn2ncnc(Nc3cc(NC(=O)c4ccc(N5CCOCC5)c(F)c4)ccc3C)c2c1C. The summed E-state index contributed by atoms with van der Waals surface area (Å²) in [6.45, 7) is 8.31. The molecule has 0 radical (unpaired) electrons. The number of aromatic nitrogens is 3. The number of ether oxygens (including phenoxy) is 2. The molecule has 2 amide bonds. The Morgan fingerprint density at radius 3 is 2.64 bits per heavy atom. The summed E-state index contributed by atoms with van der Waals surface area (Å²) in [6.07, 6.45) is 3.07. The lowest BCUT2D eigenvalue weighted by Crippen LogP contribution is -2.36. The number of methoxy groups -OCH3 is 1. The molecule has 0 aliphatic carbocycles. The molecule has 1 saturated heterocycles. The fourth-order valence-corrected chi connectivity index (χ4v) is 4.95. The minimum Gasteiger partial charge on any atom is -0.383 e. The number of hydrogen-bond acceptors (Lipinski definition) is 8. The maximum absolute atomic E-state index is 14.9. The van der Waals surface area contributed by atoms with E-state index in [1.54, 1.807) is 42.1 Å². The van der Waals surface area contributed by atoms with E-state index in [1.807, 2.05) is 31.7 Å². The van der Waals surface area contributed by atoms with Crippen LogP contribution in [0.1, 0.15) is 38.8 Å². The monoisotopic (exact) mass is 575 g/mol. The zero-order valence-electron chi connectivity index (χ0n) is 24.0. The largest absolute Gasteiger partial charge is 0.383 e. The van der Waals surface area contributed by atoms with E-state index in [2.05, 4.69) is 26.0 Å². The Labute approximate surface area is 243 Å². The Morgan fingerprint density at radius 1 is 1.12 bits per heavy atom. The van der Waals surface area contributed by atoms with Gasteiger partial charge in [-0.3, -0.25) is 9.59 Å². The number of benzene rings is 2. The molecule has 1 aliphatic rings. The van der Waals surface area contributed by atoms with Crippen molar-refractivity contribution in [2.75, 3.05) is 55.6 Å². The molecule has 1 aliphatic heterocycles. The van der Waals surface area contributed by atoms with Crippen LogP contribution in [-0.4, -0.2) is 72.5 Å². The number of fused-ring (bicyclic) bond motifs is 1. The first-order valence-corrected chi connectivity index (χ1v) is 13.7. The maximum atomic E-state index is 14.9. The van der Waals surface area contributed by atoms with Crippen molar-refractivity contribution in [2.24, 2.45) is 0 Å². The quantitative estimate of drug-likeness (QED) is 0.273. The lowest BCUT2D eigenvalue weighted by Gasteiger charge is -2.29. The van der Waals surface area contributed by atoms with Gasteiger partial charge in [-0.15, -0.1) is 0 Å². The van der Waals surface area contributed by atoms with Crippen molar-refractivity contribution in [2.45, 2.75) is 26.8 Å². The van der Waals surface area contributed by atoms with Crippen LogP contribution in [0, 0.1) is 19.7 Å². The maximum Gasteiger partial charge on any atom is 0.255 e. The first-order chi connectivity index (χ1) is 20.2. The van der Waals surface area contributed by atoms with Crippen LogP contribution >= 0.6 is 0 Å². The Kier molecular flexibility index (Phi) is 8.64. The molecule has 0 spiro atoms. The van der Waals surface area contributed by atoms with Crippen molar-refractivity contribution in [3.8, 4) is 0 Å². The first-order valence-electron chi connectivity index (χ1n) is 13.7. The average Bonchev–Trinajstić information content (AvgIpc) is 3.32. The second-order valence-electron chi connectivity index (χ2n) is 10.3. The summed E-state index contributed by atoms with van der Waals surface area (Å²) in [7, 11) is 1.58. The third-order valence-electron chi connectivity index (χ3n) is 7.18. The number of hydrogen-bond donors (Lipinski definition) is 3. The molecule has 1 atom stereocenters. The van der Waals surface area contributed by atoms with Crippen LogP contribution in [-0.2, 0) is 9.47 Å². The van der Waals surface area contributed by atoms with Gasteiger partial charge in [-0.1, -0.05) is 6.07 Å². The fourth-order valence-electron chi connectivity index (χ4n) is 4.95. The Morgan fingerprint density at radius 2 is 1.90 bits per heavy atom. The molecule has 3 heterocycles. The molecule has 42 heavy (non-hydrogen) atoms. The minimum atomic E-state index is -0.452. The predicted molar refractivity (Wildman–Crippen MR) is 158 cm³/mol. The molecule has 5 rings (SSSR count). The average molecular weight is 576 g/mol. The number of nitrogens with one attached hydrogen (secondary N) is 3. The highest BCUT2D eigenvalue weighted by atomic mass is 19.1. The van der Waals surface area contributed by atoms with Crippen molar-refractivity contribution in [1.29, 1.82) is 0 Å². The molecule has 12 heteroatoms. The van der Waals surface area contributed by atoms with E-state index in [1.165, 1.54) is 12.4 Å². The number of carbonyl (C=O) groups excluding carboxylic acids is 2. The Hall–Kier alpha value is -4.55. The van der Waals surface area contributed by atoms with Crippen LogP contribution in [0.3, 0.4) is 0 Å². The van der Waals surface area contributed by atoms with Gasteiger partial charge in [0, 0.05) is 49.4 Å².